The van der Waals surface area contributed by atoms with Crippen molar-refractivity contribution in [2.24, 2.45) is 11.8 Å². The van der Waals surface area contributed by atoms with Gasteiger partial charge in [-0.3, -0.25) is 14.4 Å². The Morgan fingerprint density at radius 2 is 1.97 bits per heavy atom. The second kappa shape index (κ2) is 15.2. The Balaban J connectivity index is 1.95. The Hall–Kier alpha value is -2.71. The Morgan fingerprint density at radius 3 is 2.73 bits per heavy atom. The van der Waals surface area contributed by atoms with Crippen LogP contribution in [0.3, 0.4) is 0 Å². The van der Waals surface area contributed by atoms with Crippen molar-refractivity contribution in [3.05, 3.63) is 48.0 Å². The number of cyclic esters (lactones) is 1. The van der Waals surface area contributed by atoms with E-state index in [0.29, 0.717) is 38.8 Å². The summed E-state index contributed by atoms with van der Waals surface area (Å²) in [5, 5.41) is 14.2. The maximum atomic E-state index is 12.8. The largest absolute Gasteiger partial charge is 0.461 e. The number of esters is 1. The van der Waals surface area contributed by atoms with Gasteiger partial charge in [0.2, 0.25) is 11.8 Å². The van der Waals surface area contributed by atoms with E-state index in [0.717, 1.165) is 5.56 Å². The highest BCUT2D eigenvalue weighted by Crippen LogP contribution is 2.19. The van der Waals surface area contributed by atoms with Crippen LogP contribution in [-0.4, -0.2) is 61.9 Å². The zero-order valence-corrected chi connectivity index (χ0v) is 19.3. The molecule has 3 unspecified atom stereocenters. The van der Waals surface area contributed by atoms with Crippen LogP contribution in [0.2, 0.25) is 0 Å². The summed E-state index contributed by atoms with van der Waals surface area (Å²) in [6.45, 7) is 2.72. The fraction of sp³-hybridized carbons (Fsp3) is 0.560. The first-order valence-corrected chi connectivity index (χ1v) is 11.6. The summed E-state index contributed by atoms with van der Waals surface area (Å²) >= 11 is 0. The predicted molar refractivity (Wildman–Crippen MR) is 124 cm³/mol. The number of amides is 2. The third-order valence-corrected chi connectivity index (χ3v) is 5.42. The molecule has 0 aliphatic carbocycles. The van der Waals surface area contributed by atoms with Gasteiger partial charge >= 0.3 is 5.97 Å². The van der Waals surface area contributed by atoms with Crippen LogP contribution in [0.1, 0.15) is 38.2 Å². The lowest BCUT2D eigenvalue weighted by Crippen LogP contribution is -2.39. The fourth-order valence-corrected chi connectivity index (χ4v) is 3.61. The van der Waals surface area contributed by atoms with Crippen molar-refractivity contribution in [3.63, 3.8) is 0 Å². The van der Waals surface area contributed by atoms with Crippen molar-refractivity contribution in [1.29, 1.82) is 0 Å². The van der Waals surface area contributed by atoms with E-state index in [1.54, 1.807) is 6.92 Å². The first kappa shape index (κ1) is 26.5. The molecule has 1 aliphatic rings. The maximum Gasteiger partial charge on any atom is 0.309 e. The SMILES string of the molecule is CC1CNC(=O)C(CC(=O)NCCOCCO)CC=CCCC(Cc2ccccc2)C(=O)O1. The molecule has 2 amide bonds. The number of ether oxygens (including phenoxy) is 2. The summed E-state index contributed by atoms with van der Waals surface area (Å²) in [4.78, 5) is 37.7. The van der Waals surface area contributed by atoms with E-state index in [9.17, 15) is 14.4 Å². The summed E-state index contributed by atoms with van der Waals surface area (Å²) in [5.74, 6) is -1.50. The van der Waals surface area contributed by atoms with E-state index >= 15 is 0 Å². The number of carbonyl (C=O) groups is 3. The van der Waals surface area contributed by atoms with Crippen LogP contribution >= 0.6 is 0 Å². The number of rotatable bonds is 9. The van der Waals surface area contributed by atoms with Crippen LogP contribution in [0.15, 0.2) is 42.5 Å². The Bertz CT molecular complexity index is 767. The summed E-state index contributed by atoms with van der Waals surface area (Å²) in [6.07, 6.45) is 5.85. The molecule has 3 N–H and O–H groups in total. The van der Waals surface area contributed by atoms with Gasteiger partial charge in [0, 0.05) is 13.0 Å². The van der Waals surface area contributed by atoms with Gasteiger partial charge in [-0.25, -0.2) is 0 Å². The van der Waals surface area contributed by atoms with Gasteiger partial charge in [0.1, 0.15) is 6.10 Å². The minimum absolute atomic E-state index is 0.0565. The summed E-state index contributed by atoms with van der Waals surface area (Å²) in [6, 6.07) is 9.86. The van der Waals surface area contributed by atoms with Crippen LogP contribution in [0, 0.1) is 11.8 Å². The highest BCUT2D eigenvalue weighted by Gasteiger charge is 2.25. The van der Waals surface area contributed by atoms with Gasteiger partial charge in [-0.05, 0) is 38.2 Å². The molecule has 0 fully saturated rings. The van der Waals surface area contributed by atoms with E-state index in [1.165, 1.54) is 0 Å². The minimum Gasteiger partial charge on any atom is -0.461 e. The molecule has 33 heavy (non-hydrogen) atoms. The van der Waals surface area contributed by atoms with Crippen LogP contribution in [0.25, 0.3) is 0 Å². The van der Waals surface area contributed by atoms with Gasteiger partial charge in [-0.2, -0.15) is 0 Å². The first-order chi connectivity index (χ1) is 16.0. The monoisotopic (exact) mass is 460 g/mol. The molecule has 2 rings (SSSR count). The maximum absolute atomic E-state index is 12.8. The standard InChI is InChI=1S/C25H36N2O6/c1-19-18-27-24(30)21(17-23(29)26-12-14-32-15-13-28)10-6-3-7-11-22(25(31)33-19)16-20-8-4-2-5-9-20/h2-6,8-9,19,21-22,28H,7,10-18H2,1H3,(H,26,29)(H,27,30). The van der Waals surface area contributed by atoms with Gasteiger partial charge in [-0.15, -0.1) is 0 Å². The van der Waals surface area contributed by atoms with E-state index < -0.39 is 12.0 Å². The molecule has 0 saturated carbocycles. The average molecular weight is 461 g/mol. The second-order valence-corrected chi connectivity index (χ2v) is 8.25. The Kier molecular flexibility index (Phi) is 12.2. The second-order valence-electron chi connectivity index (χ2n) is 8.25. The van der Waals surface area contributed by atoms with Crippen molar-refractivity contribution in [1.82, 2.24) is 10.6 Å². The normalized spacial score (nSPS) is 22.3. The van der Waals surface area contributed by atoms with Gasteiger partial charge in [0.15, 0.2) is 0 Å². The highest BCUT2D eigenvalue weighted by molar-refractivity contribution is 5.86. The molecular weight excluding hydrogens is 424 g/mol. The smallest absolute Gasteiger partial charge is 0.309 e. The topological polar surface area (TPSA) is 114 Å². The minimum atomic E-state index is -0.511. The third kappa shape index (κ3) is 10.6. The molecule has 8 nitrogen and oxygen atoms in total. The van der Waals surface area contributed by atoms with Crippen LogP contribution in [0.5, 0.6) is 0 Å². The lowest BCUT2D eigenvalue weighted by atomic mass is 9.94. The molecule has 0 saturated heterocycles. The van der Waals surface area contributed by atoms with Crippen molar-refractivity contribution in [3.8, 4) is 0 Å². The summed E-state index contributed by atoms with van der Waals surface area (Å²) in [5.41, 5.74) is 1.08. The summed E-state index contributed by atoms with van der Waals surface area (Å²) < 4.78 is 10.7. The number of aliphatic hydroxyl groups is 1. The van der Waals surface area contributed by atoms with Gasteiger partial charge < -0.3 is 25.2 Å². The fourth-order valence-electron chi connectivity index (χ4n) is 3.61. The number of hydrogen-bond acceptors (Lipinski definition) is 6. The molecule has 0 bridgehead atoms. The van der Waals surface area contributed by atoms with Gasteiger partial charge in [0.25, 0.3) is 0 Å². The Morgan fingerprint density at radius 1 is 1.18 bits per heavy atom. The predicted octanol–water partition coefficient (Wildman–Crippen LogP) is 1.76. The van der Waals surface area contributed by atoms with Gasteiger partial charge in [0.05, 0.1) is 38.2 Å². The van der Waals surface area contributed by atoms with Crippen molar-refractivity contribution in [2.45, 2.75) is 45.1 Å². The molecule has 182 valence electrons. The van der Waals surface area contributed by atoms with Crippen molar-refractivity contribution < 1.29 is 29.0 Å². The first-order valence-electron chi connectivity index (χ1n) is 11.6. The number of benzene rings is 1. The number of nitrogens with one attached hydrogen (secondary N) is 2. The summed E-state index contributed by atoms with van der Waals surface area (Å²) in [7, 11) is 0. The zero-order valence-electron chi connectivity index (χ0n) is 19.3. The van der Waals surface area contributed by atoms with E-state index in [2.05, 4.69) is 10.6 Å². The molecule has 8 heteroatoms. The van der Waals surface area contributed by atoms with E-state index in [-0.39, 0.29) is 49.9 Å². The number of allylic oxidation sites excluding steroid dienone is 2. The lowest BCUT2D eigenvalue weighted by Gasteiger charge is -2.20. The number of aliphatic hydroxyl groups excluding tert-OH is 1. The van der Waals surface area contributed by atoms with Crippen molar-refractivity contribution in [2.75, 3.05) is 32.9 Å². The van der Waals surface area contributed by atoms with E-state index in [1.807, 2.05) is 42.5 Å². The molecule has 3 atom stereocenters. The average Bonchev–Trinajstić information content (AvgIpc) is 2.81. The van der Waals surface area contributed by atoms with Crippen LogP contribution < -0.4 is 10.6 Å². The number of hydrogen-bond donors (Lipinski definition) is 3. The number of carbonyl (C=O) groups excluding carboxylic acids is 3. The van der Waals surface area contributed by atoms with Gasteiger partial charge in [-0.1, -0.05) is 42.5 Å². The van der Waals surface area contributed by atoms with E-state index in [4.69, 9.17) is 14.6 Å². The Labute approximate surface area is 195 Å². The molecule has 0 spiro atoms. The van der Waals surface area contributed by atoms with Crippen LogP contribution in [0.4, 0.5) is 0 Å². The molecular formula is C25H36N2O6. The molecule has 0 radical (unpaired) electrons. The molecule has 0 aromatic heterocycles. The van der Waals surface area contributed by atoms with Crippen molar-refractivity contribution >= 4 is 17.8 Å². The zero-order chi connectivity index (χ0) is 23.9. The molecule has 1 aromatic rings. The third-order valence-electron chi connectivity index (χ3n) is 5.42. The molecule has 1 heterocycles. The highest BCUT2D eigenvalue weighted by atomic mass is 16.5. The van der Waals surface area contributed by atoms with Crippen LogP contribution in [-0.2, 0) is 30.3 Å². The lowest BCUT2D eigenvalue weighted by molar-refractivity contribution is -0.153. The molecule has 1 aliphatic heterocycles. The molecule has 1 aromatic carbocycles. The quantitative estimate of drug-likeness (QED) is 0.294.